The molecule has 15 aromatic rings. The Balaban J connectivity index is 0.000000163. The van der Waals surface area contributed by atoms with E-state index >= 15 is 0 Å². The van der Waals surface area contributed by atoms with E-state index in [1.54, 1.807) is 12.4 Å². The quantitative estimate of drug-likeness (QED) is 0.121. The van der Waals surface area contributed by atoms with Crippen LogP contribution in [0, 0.1) is 18.2 Å². The minimum absolute atomic E-state index is 0. The summed E-state index contributed by atoms with van der Waals surface area (Å²) in [6, 6.07) is 123. The van der Waals surface area contributed by atoms with Gasteiger partial charge in [0, 0.05) is 24.8 Å². The number of nitrogens with zero attached hydrogens (tertiary/aromatic N) is 3. The molecule has 578 valence electrons. The molecule has 0 amide bonds. The predicted molar refractivity (Wildman–Crippen MR) is 488 cm³/mol. The third kappa shape index (κ3) is 22.6. The Morgan fingerprint density at radius 3 is 0.591 bits per heavy atom. The second-order valence-corrected chi connectivity index (χ2v) is 36.1. The molecule has 12 aromatic carbocycles. The summed E-state index contributed by atoms with van der Waals surface area (Å²) < 4.78 is 0. The molecule has 3 heterocycles. The van der Waals surface area contributed by atoms with Gasteiger partial charge in [-0.05, 0) is 240 Å². The van der Waals surface area contributed by atoms with Crippen LogP contribution in [0.4, 0.5) is 0 Å². The first kappa shape index (κ1) is 84.6. The first-order chi connectivity index (χ1) is 54.3. The van der Waals surface area contributed by atoms with Gasteiger partial charge < -0.3 is 9.97 Å². The van der Waals surface area contributed by atoms with Crippen molar-refractivity contribution >= 4 is 0 Å². The predicted octanol–water partition coefficient (Wildman–Crippen LogP) is 30.5. The standard InChI is InChI=1S/2C37H36N.C32H33.C5H5N.Ir/c2*1-36(2,3)33-17-13-26(14-18-33)30-23-31(27-15-19-34(20-16-27)37(4,5)6)25-32(24-30)28-10-9-11-29(22-28)35-12-7-8-21-38-35;1-31(2,3)29-16-12-24(13-17-29)27-20-26(23-10-8-7-9-11-23)21-28(22-27)25-14-18-30(19-15-25)32(4,5)6;1-2-4-6-5-3-1;/h2*7-10,12-25H,1-6H3;8-22H,1-6H3;1-5H;/q3*-1;;+3. The van der Waals surface area contributed by atoms with E-state index in [4.69, 9.17) is 0 Å². The van der Waals surface area contributed by atoms with Gasteiger partial charge in [-0.2, -0.15) is 30.3 Å². The number of benzene rings is 12. The minimum atomic E-state index is 0. The van der Waals surface area contributed by atoms with Crippen LogP contribution >= 0.6 is 0 Å². The second-order valence-electron chi connectivity index (χ2n) is 36.1. The van der Waals surface area contributed by atoms with Crippen molar-refractivity contribution in [1.29, 1.82) is 0 Å². The molecule has 3 aromatic heterocycles. The normalized spacial score (nSPS) is 11.7. The van der Waals surface area contributed by atoms with E-state index in [1.165, 1.54) is 122 Å². The van der Waals surface area contributed by atoms with Crippen LogP contribution < -0.4 is 0 Å². The molecule has 0 fully saturated rings. The maximum atomic E-state index is 4.54. The van der Waals surface area contributed by atoms with Crippen LogP contribution in [0.3, 0.4) is 0 Å². The van der Waals surface area contributed by atoms with Crippen LogP contribution in [0.25, 0.3) is 123 Å². The van der Waals surface area contributed by atoms with Crippen LogP contribution in [0.15, 0.2) is 340 Å². The monoisotopic (exact) mass is 1680 g/mol. The molecule has 0 unspecified atom stereocenters. The first-order valence-corrected chi connectivity index (χ1v) is 40.1. The molecular weight excluding hydrogens is 1570 g/mol. The molecule has 15 rings (SSSR count). The van der Waals surface area contributed by atoms with Gasteiger partial charge in [-0.1, -0.05) is 301 Å². The van der Waals surface area contributed by atoms with Crippen LogP contribution in [-0.2, 0) is 52.6 Å². The summed E-state index contributed by atoms with van der Waals surface area (Å²) in [5, 5.41) is 0. The number of hydrogen-bond donors (Lipinski definition) is 0. The Labute approximate surface area is 701 Å². The van der Waals surface area contributed by atoms with Crippen LogP contribution in [0.5, 0.6) is 0 Å². The van der Waals surface area contributed by atoms with Gasteiger partial charge in [0.25, 0.3) is 0 Å². The van der Waals surface area contributed by atoms with E-state index < -0.39 is 0 Å². The Kier molecular flexibility index (Phi) is 26.9. The average molecular weight is 1680 g/mol. The molecule has 0 aliphatic rings. The maximum Gasteiger partial charge on any atom is 3.00 e. The Hall–Kier alpha value is -11.3. The summed E-state index contributed by atoms with van der Waals surface area (Å²) >= 11 is 0. The van der Waals surface area contributed by atoms with Crippen molar-refractivity contribution in [3.8, 4) is 123 Å². The van der Waals surface area contributed by atoms with E-state index in [0.29, 0.717) is 0 Å². The van der Waals surface area contributed by atoms with Gasteiger partial charge in [-0.3, -0.25) is 4.98 Å². The van der Waals surface area contributed by atoms with Crippen molar-refractivity contribution < 1.29 is 20.1 Å². The SMILES string of the molecule is CC(C)(C)c1ccc(-c2cc(-c3cc[c-]cc3)cc(-c3ccc(C(C)(C)C)cc3)c2)cc1.CC(C)(C)c1ccc(-c2cc(-c3ccc(C(C)(C)C)cc3)cc(-c3cc[c-]c(-c4ccccn4)c3)c2)cc1.CC(C)(C)c1ccc(-c2cc(-c3ccc(C(C)(C)C)cc3)cc(-c3cc[c-]c(-c4ccccn4)c3)c2)cc1.[Ir+3].c1ccncc1. The van der Waals surface area contributed by atoms with E-state index in [9.17, 15) is 0 Å². The second kappa shape index (κ2) is 36.5. The largest absolute Gasteiger partial charge is 3.00 e. The molecule has 0 aliphatic carbocycles. The van der Waals surface area contributed by atoms with Crippen molar-refractivity contribution in [1.82, 2.24) is 15.0 Å². The van der Waals surface area contributed by atoms with Crippen molar-refractivity contribution in [3.05, 3.63) is 392 Å². The summed E-state index contributed by atoms with van der Waals surface area (Å²) in [6.07, 6.45) is 7.16. The molecule has 0 aliphatic heterocycles. The molecule has 0 spiro atoms. The van der Waals surface area contributed by atoms with Crippen LogP contribution in [0.2, 0.25) is 0 Å². The molecule has 0 radical (unpaired) electrons. The minimum Gasteiger partial charge on any atom is -0.305 e. The molecule has 0 bridgehead atoms. The fourth-order valence-corrected chi connectivity index (χ4v) is 13.9. The number of pyridine rings is 3. The van der Waals surface area contributed by atoms with Gasteiger partial charge >= 0.3 is 20.1 Å². The van der Waals surface area contributed by atoms with E-state index in [0.717, 1.165) is 33.6 Å². The zero-order valence-electron chi connectivity index (χ0n) is 70.5. The van der Waals surface area contributed by atoms with E-state index in [2.05, 4.69) is 394 Å². The summed E-state index contributed by atoms with van der Waals surface area (Å²) in [7, 11) is 0. The number of aromatic nitrogens is 3. The topological polar surface area (TPSA) is 38.7 Å². The smallest absolute Gasteiger partial charge is 0.305 e. The molecule has 0 saturated heterocycles. The fourth-order valence-electron chi connectivity index (χ4n) is 13.9. The third-order valence-corrected chi connectivity index (χ3v) is 21.1. The van der Waals surface area contributed by atoms with Crippen LogP contribution in [0.1, 0.15) is 158 Å². The Morgan fingerprint density at radius 1 is 0.191 bits per heavy atom. The maximum absolute atomic E-state index is 4.54. The molecule has 0 atom stereocenters. The first-order valence-electron chi connectivity index (χ1n) is 40.1. The van der Waals surface area contributed by atoms with Crippen molar-refractivity contribution in [2.24, 2.45) is 0 Å². The van der Waals surface area contributed by atoms with Gasteiger partial charge in [0.05, 0.1) is 0 Å². The van der Waals surface area contributed by atoms with Gasteiger partial charge in [0.15, 0.2) is 0 Å². The molecule has 0 saturated carbocycles. The van der Waals surface area contributed by atoms with Crippen molar-refractivity contribution in [3.63, 3.8) is 0 Å². The summed E-state index contributed by atoms with van der Waals surface area (Å²) in [4.78, 5) is 12.9. The van der Waals surface area contributed by atoms with E-state index in [1.807, 2.05) is 91.3 Å². The van der Waals surface area contributed by atoms with E-state index in [-0.39, 0.29) is 52.6 Å². The Bertz CT molecular complexity index is 5120. The van der Waals surface area contributed by atoms with Gasteiger partial charge in [0.2, 0.25) is 0 Å². The molecular formula is C111H110IrN3. The van der Waals surface area contributed by atoms with Crippen molar-refractivity contribution in [2.45, 2.75) is 157 Å². The number of rotatable bonds is 11. The van der Waals surface area contributed by atoms with Gasteiger partial charge in [0.1, 0.15) is 0 Å². The summed E-state index contributed by atoms with van der Waals surface area (Å²) in [5.74, 6) is 0. The van der Waals surface area contributed by atoms with Crippen LogP contribution in [-0.4, -0.2) is 15.0 Å². The molecule has 115 heavy (non-hydrogen) atoms. The summed E-state index contributed by atoms with van der Waals surface area (Å²) in [6.45, 7) is 40.6. The zero-order chi connectivity index (χ0) is 81.0. The van der Waals surface area contributed by atoms with Crippen molar-refractivity contribution in [2.75, 3.05) is 0 Å². The fraction of sp³-hybridized carbons (Fsp3) is 0.216. The van der Waals surface area contributed by atoms with Gasteiger partial charge in [-0.25, -0.2) is 0 Å². The summed E-state index contributed by atoms with van der Waals surface area (Å²) in [5.41, 5.74) is 34.6. The number of hydrogen-bond acceptors (Lipinski definition) is 3. The molecule has 3 nitrogen and oxygen atoms in total. The molecule has 0 N–H and O–H groups in total. The average Bonchev–Trinajstić information content (AvgIpc) is 0.806. The molecule has 4 heteroatoms. The van der Waals surface area contributed by atoms with Gasteiger partial charge in [-0.15, -0.1) is 76.3 Å². The third-order valence-electron chi connectivity index (χ3n) is 21.1. The Morgan fingerprint density at radius 2 is 0.400 bits per heavy atom. The zero-order valence-corrected chi connectivity index (χ0v) is 72.9.